The average molecular weight is 353 g/mol. The van der Waals surface area contributed by atoms with E-state index >= 15 is 0 Å². The van der Waals surface area contributed by atoms with Gasteiger partial charge in [0.15, 0.2) is 0 Å². The third-order valence-corrected chi connectivity index (χ3v) is 3.45. The Bertz CT molecular complexity index is 509. The average Bonchev–Trinajstić information content (AvgIpc) is 2.27. The van der Waals surface area contributed by atoms with Crippen LogP contribution >= 0.6 is 15.9 Å². The van der Waals surface area contributed by atoms with Crippen LogP contribution in [0, 0.1) is 5.41 Å². The number of amides is 1. The lowest BCUT2D eigenvalue weighted by atomic mass is 9.87. The lowest BCUT2D eigenvalue weighted by molar-refractivity contribution is -0.138. The van der Waals surface area contributed by atoms with Crippen LogP contribution < -0.4 is 11.1 Å². The van der Waals surface area contributed by atoms with Crippen LogP contribution in [0.25, 0.3) is 0 Å². The normalized spacial score (nSPS) is 14.0. The van der Waals surface area contributed by atoms with Gasteiger partial charge in [-0.25, -0.2) is 0 Å². The molecule has 20 heavy (non-hydrogen) atoms. The van der Waals surface area contributed by atoms with Gasteiger partial charge in [-0.1, -0.05) is 36.7 Å². The van der Waals surface area contributed by atoms with Crippen molar-refractivity contribution in [3.05, 3.63) is 28.2 Å². The maximum Gasteiger partial charge on any atom is 0.417 e. The van der Waals surface area contributed by atoms with E-state index in [2.05, 4.69) is 21.2 Å². The zero-order valence-corrected chi connectivity index (χ0v) is 12.9. The summed E-state index contributed by atoms with van der Waals surface area (Å²) < 4.78 is 38.2. The second kappa shape index (κ2) is 5.73. The van der Waals surface area contributed by atoms with Gasteiger partial charge < -0.3 is 11.1 Å². The van der Waals surface area contributed by atoms with E-state index in [0.29, 0.717) is 0 Å². The summed E-state index contributed by atoms with van der Waals surface area (Å²) in [4.78, 5) is 11.9. The lowest BCUT2D eigenvalue weighted by Gasteiger charge is -2.26. The van der Waals surface area contributed by atoms with E-state index in [-0.39, 0.29) is 10.2 Å². The van der Waals surface area contributed by atoms with Gasteiger partial charge in [0.25, 0.3) is 0 Å². The summed E-state index contributed by atoms with van der Waals surface area (Å²) in [6, 6.07) is 2.67. The number of carbonyl (C=O) groups is 1. The molecule has 0 bridgehead atoms. The number of alkyl halides is 3. The first-order valence-electron chi connectivity index (χ1n) is 5.86. The van der Waals surface area contributed by atoms with Crippen molar-refractivity contribution in [2.75, 3.05) is 5.32 Å². The third-order valence-electron chi connectivity index (χ3n) is 2.75. The van der Waals surface area contributed by atoms with Gasteiger partial charge in [0.05, 0.1) is 11.6 Å². The number of benzene rings is 1. The number of halogens is 4. The molecule has 112 valence electrons. The molecule has 0 aliphatic rings. The first kappa shape index (κ1) is 17.0. The Morgan fingerprint density at radius 3 is 2.30 bits per heavy atom. The largest absolute Gasteiger partial charge is 0.417 e. The van der Waals surface area contributed by atoms with Crippen molar-refractivity contribution in [2.24, 2.45) is 11.1 Å². The highest BCUT2D eigenvalue weighted by atomic mass is 79.9. The highest BCUT2D eigenvalue weighted by Gasteiger charge is 2.33. The Balaban J connectivity index is 2.98. The summed E-state index contributed by atoms with van der Waals surface area (Å²) in [5.41, 5.74) is 4.49. The Morgan fingerprint density at radius 2 is 1.85 bits per heavy atom. The van der Waals surface area contributed by atoms with Gasteiger partial charge in [0, 0.05) is 10.2 Å². The van der Waals surface area contributed by atoms with Crippen molar-refractivity contribution in [1.82, 2.24) is 0 Å². The molecule has 0 fully saturated rings. The maximum absolute atomic E-state index is 12.7. The minimum Gasteiger partial charge on any atom is -0.325 e. The minimum atomic E-state index is -4.49. The van der Waals surface area contributed by atoms with E-state index in [1.807, 2.05) is 0 Å². The second-order valence-corrected chi connectivity index (χ2v) is 6.38. The second-order valence-electron chi connectivity index (χ2n) is 5.53. The topological polar surface area (TPSA) is 55.1 Å². The fourth-order valence-electron chi connectivity index (χ4n) is 1.43. The highest BCUT2D eigenvalue weighted by molar-refractivity contribution is 9.10. The Morgan fingerprint density at radius 1 is 1.30 bits per heavy atom. The number of rotatable bonds is 2. The predicted octanol–water partition coefficient (Wildman–Crippen LogP) is 3.78. The van der Waals surface area contributed by atoms with Crippen LogP contribution in [0.2, 0.25) is 0 Å². The molecular formula is C13H16BrF3N2O. The molecule has 0 aliphatic carbocycles. The molecule has 3 nitrogen and oxygen atoms in total. The molecule has 0 spiro atoms. The van der Waals surface area contributed by atoms with Gasteiger partial charge in [0.2, 0.25) is 5.91 Å². The summed E-state index contributed by atoms with van der Waals surface area (Å²) in [7, 11) is 0. The molecule has 0 heterocycles. The van der Waals surface area contributed by atoms with Crippen LogP contribution in [0.1, 0.15) is 26.3 Å². The molecule has 0 saturated carbocycles. The molecule has 1 amide bonds. The van der Waals surface area contributed by atoms with Crippen LogP contribution in [0.15, 0.2) is 22.7 Å². The number of anilines is 1. The van der Waals surface area contributed by atoms with Crippen LogP contribution in [-0.2, 0) is 11.0 Å². The van der Waals surface area contributed by atoms with Gasteiger partial charge in [0.1, 0.15) is 0 Å². The molecule has 1 aromatic rings. The molecule has 0 aliphatic heterocycles. The Kier molecular flexibility index (Phi) is 4.86. The minimum absolute atomic E-state index is 0.0604. The molecule has 1 atom stereocenters. The van der Waals surface area contributed by atoms with Crippen LogP contribution in [0.3, 0.4) is 0 Å². The van der Waals surface area contributed by atoms with E-state index in [1.54, 1.807) is 20.8 Å². The number of hydrogen-bond acceptors (Lipinski definition) is 2. The van der Waals surface area contributed by atoms with Crippen LogP contribution in [0.4, 0.5) is 18.9 Å². The Labute approximate surface area is 123 Å². The first-order valence-corrected chi connectivity index (χ1v) is 6.65. The van der Waals surface area contributed by atoms with Gasteiger partial charge in [-0.2, -0.15) is 13.2 Å². The number of hydrogen-bond donors (Lipinski definition) is 2. The Hall–Kier alpha value is -1.08. The standard InChI is InChI=1S/C13H16BrF3N2O/c1-12(2,3)10(18)11(20)19-7-4-5-9(14)8(6-7)13(15,16)17/h4-6,10H,18H2,1-3H3,(H,19,20)/t10-/m0/s1. The zero-order chi connectivity index (χ0) is 15.7. The smallest absolute Gasteiger partial charge is 0.325 e. The van der Waals surface area contributed by atoms with Crippen molar-refractivity contribution in [2.45, 2.75) is 33.0 Å². The van der Waals surface area contributed by atoms with Gasteiger partial charge in [-0.05, 0) is 23.6 Å². The van der Waals surface area contributed by atoms with Crippen molar-refractivity contribution in [1.29, 1.82) is 0 Å². The van der Waals surface area contributed by atoms with E-state index in [9.17, 15) is 18.0 Å². The lowest BCUT2D eigenvalue weighted by Crippen LogP contribution is -2.45. The SMILES string of the molecule is CC(C)(C)[C@@H](N)C(=O)Nc1ccc(Br)c(C(F)(F)F)c1. The van der Waals surface area contributed by atoms with Crippen molar-refractivity contribution in [3.63, 3.8) is 0 Å². The van der Waals surface area contributed by atoms with E-state index in [0.717, 1.165) is 6.07 Å². The molecule has 0 aromatic heterocycles. The summed E-state index contributed by atoms with van der Waals surface area (Å²) in [6.07, 6.45) is -4.49. The number of nitrogens with one attached hydrogen (secondary N) is 1. The molecule has 0 saturated heterocycles. The molecule has 1 aromatic carbocycles. The summed E-state index contributed by atoms with van der Waals surface area (Å²) in [6.45, 7) is 5.33. The van der Waals surface area contributed by atoms with Crippen molar-refractivity contribution >= 4 is 27.5 Å². The van der Waals surface area contributed by atoms with E-state index in [1.165, 1.54) is 12.1 Å². The van der Waals surface area contributed by atoms with E-state index in [4.69, 9.17) is 5.73 Å². The summed E-state index contributed by atoms with van der Waals surface area (Å²) in [5.74, 6) is -0.520. The molecular weight excluding hydrogens is 337 g/mol. The van der Waals surface area contributed by atoms with Gasteiger partial charge in [-0.3, -0.25) is 4.79 Å². The first-order chi connectivity index (χ1) is 8.93. The van der Waals surface area contributed by atoms with Gasteiger partial charge in [-0.15, -0.1) is 0 Å². The fourth-order valence-corrected chi connectivity index (χ4v) is 1.90. The monoisotopic (exact) mass is 352 g/mol. The predicted molar refractivity (Wildman–Crippen MR) is 75.2 cm³/mol. The number of carbonyl (C=O) groups excluding carboxylic acids is 1. The quantitative estimate of drug-likeness (QED) is 0.850. The molecule has 0 radical (unpaired) electrons. The van der Waals surface area contributed by atoms with Gasteiger partial charge >= 0.3 is 6.18 Å². The highest BCUT2D eigenvalue weighted by Crippen LogP contribution is 2.36. The van der Waals surface area contributed by atoms with Crippen molar-refractivity contribution in [3.8, 4) is 0 Å². The fraction of sp³-hybridized carbons (Fsp3) is 0.462. The molecule has 0 unspecified atom stereocenters. The number of nitrogens with two attached hydrogens (primary N) is 1. The third kappa shape index (κ3) is 4.21. The zero-order valence-electron chi connectivity index (χ0n) is 11.3. The maximum atomic E-state index is 12.7. The molecule has 7 heteroatoms. The summed E-state index contributed by atoms with van der Waals surface area (Å²) >= 11 is 2.84. The summed E-state index contributed by atoms with van der Waals surface area (Å²) in [5, 5.41) is 2.40. The molecule has 1 rings (SSSR count). The molecule has 3 N–H and O–H groups in total. The van der Waals surface area contributed by atoms with Crippen LogP contribution in [-0.4, -0.2) is 11.9 Å². The van der Waals surface area contributed by atoms with Crippen LogP contribution in [0.5, 0.6) is 0 Å². The van der Waals surface area contributed by atoms with Crippen molar-refractivity contribution < 1.29 is 18.0 Å². The van der Waals surface area contributed by atoms with E-state index < -0.39 is 29.1 Å².